The van der Waals surface area contributed by atoms with E-state index in [9.17, 15) is 4.79 Å². The molecule has 0 bridgehead atoms. The smallest absolute Gasteiger partial charge is 0.259 e. The summed E-state index contributed by atoms with van der Waals surface area (Å²) in [7, 11) is 0. The summed E-state index contributed by atoms with van der Waals surface area (Å²) in [5.41, 5.74) is 2.94. The highest BCUT2D eigenvalue weighted by Gasteiger charge is 2.22. The number of carbonyl (C=O) groups excluding carboxylic acids is 1. The molecule has 1 unspecified atom stereocenters. The number of amides is 1. The minimum atomic E-state index is -0.120. The van der Waals surface area contributed by atoms with E-state index >= 15 is 0 Å². The number of para-hydroxylation sites is 1. The van der Waals surface area contributed by atoms with Crippen LogP contribution in [0.5, 0.6) is 0 Å². The molecule has 0 saturated carbocycles. The Labute approximate surface area is 139 Å². The SMILES string of the molecule is CCC(C)(C)CC(C)c1ccccc1NC(=O)c1ccoc1C. The maximum absolute atomic E-state index is 12.4. The van der Waals surface area contributed by atoms with Crippen molar-refractivity contribution in [2.45, 2.75) is 53.4 Å². The first-order valence-corrected chi connectivity index (χ1v) is 8.28. The fourth-order valence-electron chi connectivity index (χ4n) is 2.93. The lowest BCUT2D eigenvalue weighted by atomic mass is 9.78. The fourth-order valence-corrected chi connectivity index (χ4v) is 2.93. The van der Waals surface area contributed by atoms with Gasteiger partial charge in [-0.1, -0.05) is 52.3 Å². The zero-order valence-electron chi connectivity index (χ0n) is 14.8. The Morgan fingerprint density at radius 3 is 2.57 bits per heavy atom. The van der Waals surface area contributed by atoms with Crippen LogP contribution >= 0.6 is 0 Å². The second-order valence-electron chi connectivity index (χ2n) is 7.05. The van der Waals surface area contributed by atoms with Crippen LogP contribution in [0.25, 0.3) is 0 Å². The standard InChI is InChI=1S/C20H27NO2/c1-6-20(4,5)13-14(2)16-9-7-8-10-18(16)21-19(22)17-11-12-23-15(17)3/h7-12,14H,6,13H2,1-5H3,(H,21,22). The van der Waals surface area contributed by atoms with Gasteiger partial charge in [-0.15, -0.1) is 0 Å². The molecule has 1 aromatic carbocycles. The molecule has 1 N–H and O–H groups in total. The number of benzene rings is 1. The summed E-state index contributed by atoms with van der Waals surface area (Å²) < 4.78 is 5.22. The quantitative estimate of drug-likeness (QED) is 0.735. The van der Waals surface area contributed by atoms with Crippen molar-refractivity contribution in [2.75, 3.05) is 5.32 Å². The third-order valence-electron chi connectivity index (χ3n) is 4.66. The summed E-state index contributed by atoms with van der Waals surface area (Å²) in [4.78, 5) is 12.4. The highest BCUT2D eigenvalue weighted by atomic mass is 16.3. The molecule has 0 aliphatic heterocycles. The molecule has 3 heteroatoms. The van der Waals surface area contributed by atoms with E-state index in [1.807, 2.05) is 18.2 Å². The number of hydrogen-bond acceptors (Lipinski definition) is 2. The van der Waals surface area contributed by atoms with E-state index in [0.29, 0.717) is 17.2 Å². The second-order valence-corrected chi connectivity index (χ2v) is 7.05. The first-order valence-electron chi connectivity index (χ1n) is 8.28. The lowest BCUT2D eigenvalue weighted by Crippen LogP contribution is -2.17. The van der Waals surface area contributed by atoms with Gasteiger partial charge < -0.3 is 9.73 Å². The van der Waals surface area contributed by atoms with Gasteiger partial charge >= 0.3 is 0 Å². The van der Waals surface area contributed by atoms with Gasteiger partial charge in [0.15, 0.2) is 0 Å². The van der Waals surface area contributed by atoms with Crippen molar-refractivity contribution in [3.63, 3.8) is 0 Å². The molecule has 0 radical (unpaired) electrons. The third-order valence-corrected chi connectivity index (χ3v) is 4.66. The summed E-state index contributed by atoms with van der Waals surface area (Å²) in [6, 6.07) is 9.77. The average Bonchev–Trinajstić information content (AvgIpc) is 2.93. The molecular weight excluding hydrogens is 286 g/mol. The van der Waals surface area contributed by atoms with Crippen molar-refractivity contribution in [3.05, 3.63) is 53.5 Å². The van der Waals surface area contributed by atoms with Crippen molar-refractivity contribution in [1.82, 2.24) is 0 Å². The number of hydrogen-bond donors (Lipinski definition) is 1. The van der Waals surface area contributed by atoms with Crippen LogP contribution in [-0.4, -0.2) is 5.91 Å². The van der Waals surface area contributed by atoms with Crippen LogP contribution in [0.2, 0.25) is 0 Å². The zero-order valence-corrected chi connectivity index (χ0v) is 14.8. The van der Waals surface area contributed by atoms with E-state index in [2.05, 4.69) is 39.1 Å². The minimum Gasteiger partial charge on any atom is -0.469 e. The lowest BCUT2D eigenvalue weighted by Gasteiger charge is -2.28. The molecule has 1 heterocycles. The number of rotatable bonds is 6. The molecule has 0 spiro atoms. The van der Waals surface area contributed by atoms with E-state index in [-0.39, 0.29) is 11.3 Å². The Morgan fingerprint density at radius 1 is 1.26 bits per heavy atom. The Morgan fingerprint density at radius 2 is 1.96 bits per heavy atom. The van der Waals surface area contributed by atoms with Crippen LogP contribution in [0, 0.1) is 12.3 Å². The van der Waals surface area contributed by atoms with Crippen molar-refractivity contribution in [1.29, 1.82) is 0 Å². The van der Waals surface area contributed by atoms with Gasteiger partial charge in [-0.3, -0.25) is 4.79 Å². The molecule has 1 aromatic heterocycles. The number of carbonyl (C=O) groups is 1. The largest absolute Gasteiger partial charge is 0.469 e. The van der Waals surface area contributed by atoms with Crippen molar-refractivity contribution >= 4 is 11.6 Å². The molecule has 0 saturated heterocycles. The van der Waals surface area contributed by atoms with E-state index in [0.717, 1.165) is 18.5 Å². The van der Waals surface area contributed by atoms with E-state index in [1.54, 1.807) is 19.3 Å². The Bertz CT molecular complexity index is 670. The molecule has 23 heavy (non-hydrogen) atoms. The third kappa shape index (κ3) is 4.25. The minimum absolute atomic E-state index is 0.120. The molecule has 3 nitrogen and oxygen atoms in total. The van der Waals surface area contributed by atoms with E-state index in [1.165, 1.54) is 5.56 Å². The zero-order chi connectivity index (χ0) is 17.0. The van der Waals surface area contributed by atoms with Gasteiger partial charge in [0.1, 0.15) is 5.76 Å². The van der Waals surface area contributed by atoms with Crippen LogP contribution < -0.4 is 5.32 Å². The van der Waals surface area contributed by atoms with Crippen molar-refractivity contribution in [2.24, 2.45) is 5.41 Å². The fraction of sp³-hybridized carbons (Fsp3) is 0.450. The topological polar surface area (TPSA) is 42.2 Å². The Kier molecular flexibility index (Phi) is 5.30. The maximum atomic E-state index is 12.4. The molecule has 124 valence electrons. The number of nitrogens with one attached hydrogen (secondary N) is 1. The first kappa shape index (κ1) is 17.3. The summed E-state index contributed by atoms with van der Waals surface area (Å²) in [6.07, 6.45) is 3.77. The van der Waals surface area contributed by atoms with Gasteiger partial charge in [-0.05, 0) is 42.4 Å². The Hall–Kier alpha value is -2.03. The molecule has 0 aliphatic carbocycles. The molecular formula is C20H27NO2. The Balaban J connectivity index is 2.21. The molecule has 1 atom stereocenters. The maximum Gasteiger partial charge on any atom is 0.259 e. The molecule has 2 aromatic rings. The molecule has 0 fully saturated rings. The van der Waals surface area contributed by atoms with E-state index in [4.69, 9.17) is 4.42 Å². The average molecular weight is 313 g/mol. The van der Waals surface area contributed by atoms with Gasteiger partial charge in [0.2, 0.25) is 0 Å². The predicted octanol–water partition coefficient (Wildman–Crippen LogP) is 5.77. The van der Waals surface area contributed by atoms with Crippen LogP contribution in [0.15, 0.2) is 41.0 Å². The summed E-state index contributed by atoms with van der Waals surface area (Å²) >= 11 is 0. The molecule has 0 aliphatic rings. The van der Waals surface area contributed by atoms with Gasteiger partial charge in [0.05, 0.1) is 11.8 Å². The summed E-state index contributed by atoms with van der Waals surface area (Å²) in [5.74, 6) is 0.901. The van der Waals surface area contributed by atoms with Gasteiger partial charge in [0.25, 0.3) is 5.91 Å². The summed E-state index contributed by atoms with van der Waals surface area (Å²) in [5, 5.41) is 3.04. The van der Waals surface area contributed by atoms with Crippen LogP contribution in [0.3, 0.4) is 0 Å². The molecule has 2 rings (SSSR count). The predicted molar refractivity (Wildman–Crippen MR) is 94.9 cm³/mol. The van der Waals surface area contributed by atoms with Gasteiger partial charge in [-0.25, -0.2) is 0 Å². The van der Waals surface area contributed by atoms with Gasteiger partial charge in [-0.2, -0.15) is 0 Å². The van der Waals surface area contributed by atoms with Gasteiger partial charge in [0, 0.05) is 5.69 Å². The number of furan rings is 1. The van der Waals surface area contributed by atoms with Crippen molar-refractivity contribution < 1.29 is 9.21 Å². The van der Waals surface area contributed by atoms with Crippen LogP contribution in [-0.2, 0) is 0 Å². The number of anilines is 1. The normalized spacial score (nSPS) is 12.9. The monoisotopic (exact) mass is 313 g/mol. The van der Waals surface area contributed by atoms with Crippen molar-refractivity contribution in [3.8, 4) is 0 Å². The lowest BCUT2D eigenvalue weighted by molar-refractivity contribution is 0.102. The highest BCUT2D eigenvalue weighted by molar-refractivity contribution is 6.05. The van der Waals surface area contributed by atoms with Crippen LogP contribution in [0.1, 0.15) is 68.1 Å². The number of aryl methyl sites for hydroxylation is 1. The van der Waals surface area contributed by atoms with Crippen LogP contribution in [0.4, 0.5) is 5.69 Å². The van der Waals surface area contributed by atoms with E-state index < -0.39 is 0 Å². The first-order chi connectivity index (χ1) is 10.8. The highest BCUT2D eigenvalue weighted by Crippen LogP contribution is 2.36. The summed E-state index contributed by atoms with van der Waals surface area (Å²) in [6.45, 7) is 10.8. The molecule has 1 amide bonds. The second kappa shape index (κ2) is 7.03.